The van der Waals surface area contributed by atoms with Crippen LogP contribution in [0, 0.1) is 34.5 Å². The second-order valence-electron chi connectivity index (χ2n) is 10.9. The van der Waals surface area contributed by atoms with Crippen LogP contribution in [-0.2, 0) is 14.3 Å². The Hall–Kier alpha value is -0.410. The lowest BCUT2D eigenvalue weighted by Crippen LogP contribution is -2.54. The molecule has 0 aromatic rings. The summed E-state index contributed by atoms with van der Waals surface area (Å²) in [6, 6.07) is 0. The number of carbonyl (C=O) groups is 1. The maximum atomic E-state index is 12.1. The Balaban J connectivity index is 1.33. The molecule has 0 aromatic carbocycles. The van der Waals surface area contributed by atoms with E-state index < -0.39 is 0 Å². The molecule has 27 heavy (non-hydrogen) atoms. The summed E-state index contributed by atoms with van der Waals surface area (Å²) in [6.45, 7) is 5.95. The molecule has 0 bridgehead atoms. The van der Waals surface area contributed by atoms with Crippen molar-refractivity contribution in [2.24, 2.45) is 34.5 Å². The minimum absolute atomic E-state index is 0.0506. The van der Waals surface area contributed by atoms with E-state index in [-0.39, 0.29) is 6.29 Å². The lowest BCUT2D eigenvalue weighted by Gasteiger charge is -2.60. The fraction of sp³-hybridized carbons (Fsp3) is 0.958. The van der Waals surface area contributed by atoms with Crippen LogP contribution in [0.5, 0.6) is 0 Å². The first-order valence-corrected chi connectivity index (χ1v) is 11.8. The van der Waals surface area contributed by atoms with E-state index in [9.17, 15) is 4.79 Å². The third-order valence-electron chi connectivity index (χ3n) is 9.85. The molecule has 3 heteroatoms. The summed E-state index contributed by atoms with van der Waals surface area (Å²) in [5.74, 6) is 3.71. The van der Waals surface area contributed by atoms with E-state index in [0.29, 0.717) is 28.6 Å². The molecule has 5 aliphatic rings. The van der Waals surface area contributed by atoms with Gasteiger partial charge in [0, 0.05) is 19.4 Å². The first-order chi connectivity index (χ1) is 13.0. The van der Waals surface area contributed by atoms with Gasteiger partial charge in [-0.05, 0) is 98.7 Å². The van der Waals surface area contributed by atoms with Gasteiger partial charge < -0.3 is 9.47 Å². The Morgan fingerprint density at radius 3 is 2.59 bits per heavy atom. The van der Waals surface area contributed by atoms with Gasteiger partial charge in [0.2, 0.25) is 0 Å². The molecule has 4 aliphatic carbocycles. The van der Waals surface area contributed by atoms with Gasteiger partial charge >= 0.3 is 0 Å². The molecule has 0 amide bonds. The molecule has 0 spiro atoms. The van der Waals surface area contributed by atoms with E-state index in [1.54, 1.807) is 0 Å². The van der Waals surface area contributed by atoms with Gasteiger partial charge in [-0.25, -0.2) is 0 Å². The maximum Gasteiger partial charge on any atom is 0.157 e. The van der Waals surface area contributed by atoms with Crippen molar-refractivity contribution in [2.75, 3.05) is 6.61 Å². The molecule has 0 aromatic heterocycles. The minimum Gasteiger partial charge on any atom is -0.353 e. The first-order valence-electron chi connectivity index (χ1n) is 11.8. The van der Waals surface area contributed by atoms with Crippen LogP contribution < -0.4 is 0 Å². The van der Waals surface area contributed by atoms with Crippen molar-refractivity contribution in [3.8, 4) is 0 Å². The van der Waals surface area contributed by atoms with Gasteiger partial charge in [0.15, 0.2) is 6.29 Å². The average molecular weight is 375 g/mol. The van der Waals surface area contributed by atoms with Crippen LogP contribution in [0.25, 0.3) is 0 Å². The third kappa shape index (κ3) is 2.94. The van der Waals surface area contributed by atoms with Crippen LogP contribution in [0.3, 0.4) is 0 Å². The first kappa shape index (κ1) is 18.6. The Bertz CT molecular complexity index is 582. The van der Waals surface area contributed by atoms with Crippen molar-refractivity contribution < 1.29 is 14.3 Å². The van der Waals surface area contributed by atoms with E-state index in [0.717, 1.165) is 50.0 Å². The molecule has 3 nitrogen and oxygen atoms in total. The zero-order valence-corrected chi connectivity index (χ0v) is 17.4. The van der Waals surface area contributed by atoms with Crippen LogP contribution in [0.1, 0.15) is 90.9 Å². The highest BCUT2D eigenvalue weighted by atomic mass is 16.7. The summed E-state index contributed by atoms with van der Waals surface area (Å²) in [5, 5.41) is 0. The van der Waals surface area contributed by atoms with Crippen LogP contribution >= 0.6 is 0 Å². The second-order valence-corrected chi connectivity index (χ2v) is 10.9. The predicted molar refractivity (Wildman–Crippen MR) is 105 cm³/mol. The molecule has 1 heterocycles. The molecule has 8 atom stereocenters. The summed E-state index contributed by atoms with van der Waals surface area (Å²) >= 11 is 0. The molecule has 1 saturated heterocycles. The van der Waals surface area contributed by atoms with Crippen molar-refractivity contribution in [3.63, 3.8) is 0 Å². The number of fused-ring (bicyclic) bond motifs is 5. The Labute approximate surface area is 164 Å². The van der Waals surface area contributed by atoms with Gasteiger partial charge in [-0.15, -0.1) is 0 Å². The van der Waals surface area contributed by atoms with E-state index in [1.165, 1.54) is 51.4 Å². The Kier molecular flexibility index (Phi) is 4.71. The second kappa shape index (κ2) is 6.83. The summed E-state index contributed by atoms with van der Waals surface area (Å²) in [6.07, 6.45) is 14.7. The van der Waals surface area contributed by atoms with Crippen molar-refractivity contribution >= 4 is 5.78 Å². The van der Waals surface area contributed by atoms with Crippen molar-refractivity contribution in [1.29, 1.82) is 0 Å². The predicted octanol–water partition coefficient (Wildman–Crippen LogP) is 5.51. The molecule has 1 aliphatic heterocycles. The molecule has 4 saturated carbocycles. The van der Waals surface area contributed by atoms with Crippen LogP contribution in [0.2, 0.25) is 0 Å². The fourth-order valence-corrected chi connectivity index (χ4v) is 8.22. The number of Topliss-reactive ketones (excluding diaryl/α,β-unsaturated/α-hetero) is 1. The van der Waals surface area contributed by atoms with Gasteiger partial charge in [-0.1, -0.05) is 13.8 Å². The monoisotopic (exact) mass is 374 g/mol. The molecular formula is C24H38O3. The van der Waals surface area contributed by atoms with E-state index >= 15 is 0 Å². The number of hydrogen-bond donors (Lipinski definition) is 0. The highest BCUT2D eigenvalue weighted by Gasteiger charge is 2.60. The highest BCUT2D eigenvalue weighted by Crippen LogP contribution is 2.66. The van der Waals surface area contributed by atoms with Gasteiger partial charge in [-0.3, -0.25) is 4.79 Å². The molecule has 0 N–H and O–H groups in total. The molecule has 0 unspecified atom stereocenters. The van der Waals surface area contributed by atoms with Gasteiger partial charge in [-0.2, -0.15) is 0 Å². The SMILES string of the molecule is C[C@@]12CC[C@H]3[C@@H](CC[C@@H]4CC(=O)CC[C@@]43C)[C@H]1CC[C@@H]2O[C@@H]1CCCCO1. The van der Waals surface area contributed by atoms with E-state index in [1.807, 2.05) is 0 Å². The zero-order chi connectivity index (χ0) is 18.6. The summed E-state index contributed by atoms with van der Waals surface area (Å²) in [4.78, 5) is 12.1. The number of carbonyl (C=O) groups excluding carboxylic acids is 1. The van der Waals surface area contributed by atoms with E-state index in [2.05, 4.69) is 13.8 Å². The highest BCUT2D eigenvalue weighted by molar-refractivity contribution is 5.79. The Morgan fingerprint density at radius 1 is 0.926 bits per heavy atom. The van der Waals surface area contributed by atoms with Crippen molar-refractivity contribution in [3.05, 3.63) is 0 Å². The number of ketones is 1. The smallest absolute Gasteiger partial charge is 0.157 e. The normalized spacial score (nSPS) is 52.7. The standard InChI is InChI=1S/C24H38O3/c1-23-12-10-17(25)15-16(23)6-7-18-19-8-9-21(24(19,2)13-11-20(18)23)27-22-5-3-4-14-26-22/h16,18-22H,3-15H2,1-2H3/t16-,18+,19-,20+,21+,22-,23+,24-/m1/s1. The molecule has 5 rings (SSSR count). The lowest BCUT2D eigenvalue weighted by molar-refractivity contribution is -0.218. The summed E-state index contributed by atoms with van der Waals surface area (Å²) in [7, 11) is 0. The largest absolute Gasteiger partial charge is 0.353 e. The molecule has 152 valence electrons. The van der Waals surface area contributed by atoms with Gasteiger partial charge in [0.05, 0.1) is 6.10 Å². The van der Waals surface area contributed by atoms with Crippen LogP contribution in [-0.4, -0.2) is 24.8 Å². The van der Waals surface area contributed by atoms with Crippen LogP contribution in [0.15, 0.2) is 0 Å². The van der Waals surface area contributed by atoms with Gasteiger partial charge in [0.25, 0.3) is 0 Å². The van der Waals surface area contributed by atoms with Crippen LogP contribution in [0.4, 0.5) is 0 Å². The van der Waals surface area contributed by atoms with Gasteiger partial charge in [0.1, 0.15) is 5.78 Å². The average Bonchev–Trinajstić information content (AvgIpc) is 3.00. The molecule has 0 radical (unpaired) electrons. The summed E-state index contributed by atoms with van der Waals surface area (Å²) < 4.78 is 12.5. The number of ether oxygens (including phenoxy) is 2. The number of hydrogen-bond acceptors (Lipinski definition) is 3. The summed E-state index contributed by atoms with van der Waals surface area (Å²) in [5.41, 5.74) is 0.763. The zero-order valence-electron chi connectivity index (χ0n) is 17.4. The minimum atomic E-state index is 0.0506. The van der Waals surface area contributed by atoms with Crippen molar-refractivity contribution in [1.82, 2.24) is 0 Å². The van der Waals surface area contributed by atoms with Crippen molar-refractivity contribution in [2.45, 2.75) is 103 Å². The number of rotatable bonds is 2. The topological polar surface area (TPSA) is 35.5 Å². The Morgan fingerprint density at radius 2 is 1.78 bits per heavy atom. The fourth-order valence-electron chi connectivity index (χ4n) is 8.22. The van der Waals surface area contributed by atoms with E-state index in [4.69, 9.17) is 9.47 Å². The maximum absolute atomic E-state index is 12.1. The quantitative estimate of drug-likeness (QED) is 0.639. The third-order valence-corrected chi connectivity index (χ3v) is 9.85. The molecular weight excluding hydrogens is 336 g/mol. The molecule has 5 fully saturated rings. The lowest BCUT2D eigenvalue weighted by atomic mass is 9.45.